The molecule has 0 saturated heterocycles. The molecule has 0 spiro atoms. The van der Waals surface area contributed by atoms with Gasteiger partial charge in [-0.15, -0.1) is 22.7 Å². The third-order valence-corrected chi connectivity index (χ3v) is 6.57. The van der Waals surface area contributed by atoms with E-state index in [9.17, 15) is 14.4 Å². The van der Waals surface area contributed by atoms with E-state index in [2.05, 4.69) is 5.32 Å². The van der Waals surface area contributed by atoms with Crippen LogP contribution >= 0.6 is 22.7 Å². The van der Waals surface area contributed by atoms with Crippen molar-refractivity contribution in [2.24, 2.45) is 0 Å². The van der Waals surface area contributed by atoms with E-state index in [0.29, 0.717) is 21.8 Å². The quantitative estimate of drug-likeness (QED) is 0.386. The molecule has 0 aromatic carbocycles. The summed E-state index contributed by atoms with van der Waals surface area (Å²) in [5, 5.41) is 5.80. The highest BCUT2D eigenvalue weighted by Gasteiger charge is 2.38. The lowest BCUT2D eigenvalue weighted by molar-refractivity contribution is -0.142. The van der Waals surface area contributed by atoms with Crippen molar-refractivity contribution in [1.29, 1.82) is 0 Å². The third kappa shape index (κ3) is 4.06. The second kappa shape index (κ2) is 8.79. The van der Waals surface area contributed by atoms with E-state index in [-0.39, 0.29) is 30.2 Å². The van der Waals surface area contributed by atoms with Gasteiger partial charge in [-0.1, -0.05) is 6.07 Å². The Morgan fingerprint density at radius 1 is 1.21 bits per heavy atom. The first-order chi connectivity index (χ1) is 13.9. The molecule has 0 aliphatic carbocycles. The van der Waals surface area contributed by atoms with Crippen LogP contribution in [0.4, 0.5) is 10.7 Å². The molecule has 2 aromatic heterocycles. The molecule has 3 N–H and O–H groups in total. The van der Waals surface area contributed by atoms with Crippen LogP contribution in [0, 0.1) is 0 Å². The molecule has 154 valence electrons. The van der Waals surface area contributed by atoms with Crippen molar-refractivity contribution < 1.29 is 23.9 Å². The Balaban J connectivity index is 2.07. The van der Waals surface area contributed by atoms with Crippen LogP contribution in [0.1, 0.15) is 53.2 Å². The monoisotopic (exact) mass is 434 g/mol. The zero-order valence-electron chi connectivity index (χ0n) is 16.4. The van der Waals surface area contributed by atoms with Crippen LogP contribution in [0.2, 0.25) is 0 Å². The maximum Gasteiger partial charge on any atom is 0.336 e. The number of thiophene rings is 2. The van der Waals surface area contributed by atoms with Gasteiger partial charge in [0.2, 0.25) is 0 Å². The standard InChI is InChI=1S/C20H22N2O5S2/c1-4-26-13(24)9-11(23)18-17(21)16-15(12-7-6-8-28-12)14(20(25)27-5-2)10(3)22-19(16)29-18/h6-8,15,22H,4-5,9,21H2,1-3H3/t15-/m1/s1. The van der Waals surface area contributed by atoms with Gasteiger partial charge in [0.05, 0.1) is 40.3 Å². The zero-order valence-corrected chi connectivity index (χ0v) is 18.0. The topological polar surface area (TPSA) is 108 Å². The maximum absolute atomic E-state index is 12.7. The van der Waals surface area contributed by atoms with Crippen molar-refractivity contribution >= 4 is 51.1 Å². The second-order valence-electron chi connectivity index (χ2n) is 6.33. The highest BCUT2D eigenvalue weighted by Crippen LogP contribution is 2.51. The maximum atomic E-state index is 12.7. The number of rotatable bonds is 7. The number of Topliss-reactive ketones (excluding diaryl/α,β-unsaturated/α-hetero) is 1. The minimum absolute atomic E-state index is 0.205. The summed E-state index contributed by atoms with van der Waals surface area (Å²) in [4.78, 5) is 38.3. The van der Waals surface area contributed by atoms with Gasteiger partial charge in [0.25, 0.3) is 0 Å². The van der Waals surface area contributed by atoms with Crippen LogP contribution in [-0.4, -0.2) is 30.9 Å². The molecular formula is C20H22N2O5S2. The number of ether oxygens (including phenoxy) is 2. The number of hydrogen-bond donors (Lipinski definition) is 2. The number of hydrogen-bond acceptors (Lipinski definition) is 9. The highest BCUT2D eigenvalue weighted by molar-refractivity contribution is 7.19. The van der Waals surface area contributed by atoms with Gasteiger partial charge >= 0.3 is 11.9 Å². The average Bonchev–Trinajstić information content (AvgIpc) is 3.29. The Morgan fingerprint density at radius 3 is 2.55 bits per heavy atom. The Labute approximate surface area is 176 Å². The minimum Gasteiger partial charge on any atom is -0.466 e. The molecule has 7 nitrogen and oxygen atoms in total. The fourth-order valence-corrected chi connectivity index (χ4v) is 5.28. The van der Waals surface area contributed by atoms with Crippen LogP contribution in [-0.2, 0) is 19.1 Å². The Hall–Kier alpha value is -2.65. The zero-order chi connectivity index (χ0) is 21.1. The smallest absolute Gasteiger partial charge is 0.336 e. The number of allylic oxidation sites excluding steroid dienone is 1. The molecule has 3 heterocycles. The van der Waals surface area contributed by atoms with Gasteiger partial charge in [0.1, 0.15) is 6.42 Å². The highest BCUT2D eigenvalue weighted by atomic mass is 32.1. The van der Waals surface area contributed by atoms with Gasteiger partial charge in [-0.25, -0.2) is 4.79 Å². The number of fused-ring (bicyclic) bond motifs is 1. The molecule has 0 amide bonds. The molecule has 9 heteroatoms. The van der Waals surface area contributed by atoms with Crippen molar-refractivity contribution in [3.63, 3.8) is 0 Å². The van der Waals surface area contributed by atoms with Crippen molar-refractivity contribution in [2.45, 2.75) is 33.1 Å². The van der Waals surface area contributed by atoms with Gasteiger partial charge in [-0.05, 0) is 32.2 Å². The summed E-state index contributed by atoms with van der Waals surface area (Å²) in [6, 6.07) is 3.82. The lowest BCUT2D eigenvalue weighted by Crippen LogP contribution is -2.23. The van der Waals surface area contributed by atoms with E-state index in [1.807, 2.05) is 17.5 Å². The number of ketones is 1. The Morgan fingerprint density at radius 2 is 1.93 bits per heavy atom. The summed E-state index contributed by atoms with van der Waals surface area (Å²) in [6.07, 6.45) is -0.377. The number of nitrogens with two attached hydrogens (primary N) is 1. The number of carbonyl (C=O) groups is 3. The van der Waals surface area contributed by atoms with Crippen molar-refractivity contribution in [1.82, 2.24) is 0 Å². The van der Waals surface area contributed by atoms with Crippen LogP contribution in [0.25, 0.3) is 0 Å². The molecule has 29 heavy (non-hydrogen) atoms. The van der Waals surface area contributed by atoms with Gasteiger partial charge in [0.15, 0.2) is 5.78 Å². The number of carbonyl (C=O) groups excluding carboxylic acids is 3. The molecular weight excluding hydrogens is 412 g/mol. The number of anilines is 2. The number of nitrogens with one attached hydrogen (secondary N) is 1. The fraction of sp³-hybridized carbons (Fsp3) is 0.350. The van der Waals surface area contributed by atoms with E-state index in [4.69, 9.17) is 15.2 Å². The predicted octanol–water partition coefficient (Wildman–Crippen LogP) is 3.92. The molecule has 0 saturated carbocycles. The molecule has 3 rings (SSSR count). The number of esters is 2. The SMILES string of the molecule is CCOC(=O)CC(=O)c1sc2c(c1N)[C@H](c1cccs1)C(C(=O)OCC)=C(C)N2. The van der Waals surface area contributed by atoms with Crippen molar-refractivity contribution in [3.05, 3.63) is 44.1 Å². The largest absolute Gasteiger partial charge is 0.466 e. The first-order valence-corrected chi connectivity index (χ1v) is 10.9. The molecule has 0 unspecified atom stereocenters. The Kier molecular flexibility index (Phi) is 6.39. The minimum atomic E-state index is -0.590. The number of nitrogen functional groups attached to an aromatic ring is 1. The molecule has 2 aromatic rings. The lowest BCUT2D eigenvalue weighted by Gasteiger charge is -2.27. The van der Waals surface area contributed by atoms with E-state index in [0.717, 1.165) is 4.88 Å². The summed E-state index contributed by atoms with van der Waals surface area (Å²) in [5.41, 5.74) is 8.44. The summed E-state index contributed by atoms with van der Waals surface area (Å²) < 4.78 is 10.1. The van der Waals surface area contributed by atoms with E-state index >= 15 is 0 Å². The second-order valence-corrected chi connectivity index (χ2v) is 8.33. The van der Waals surface area contributed by atoms with Gasteiger partial charge in [0, 0.05) is 16.1 Å². The van der Waals surface area contributed by atoms with E-state index in [1.54, 1.807) is 20.8 Å². The average molecular weight is 435 g/mol. The van der Waals surface area contributed by atoms with Crippen LogP contribution in [0.3, 0.4) is 0 Å². The predicted molar refractivity (Wildman–Crippen MR) is 113 cm³/mol. The van der Waals surface area contributed by atoms with Crippen molar-refractivity contribution in [2.75, 3.05) is 24.3 Å². The van der Waals surface area contributed by atoms with E-state index < -0.39 is 23.6 Å². The van der Waals surface area contributed by atoms with Gasteiger partial charge in [-0.2, -0.15) is 0 Å². The van der Waals surface area contributed by atoms with Gasteiger partial charge < -0.3 is 20.5 Å². The summed E-state index contributed by atoms with van der Waals surface area (Å²) >= 11 is 2.69. The third-order valence-electron chi connectivity index (χ3n) is 4.45. The van der Waals surface area contributed by atoms with Gasteiger partial charge in [-0.3, -0.25) is 9.59 Å². The molecule has 0 fully saturated rings. The molecule has 1 aliphatic rings. The molecule has 1 atom stereocenters. The fourth-order valence-electron chi connectivity index (χ4n) is 3.28. The molecule has 0 bridgehead atoms. The lowest BCUT2D eigenvalue weighted by atomic mass is 9.86. The molecule has 1 aliphatic heterocycles. The van der Waals surface area contributed by atoms with E-state index in [1.165, 1.54) is 22.7 Å². The normalized spacial score (nSPS) is 15.5. The summed E-state index contributed by atoms with van der Waals surface area (Å²) in [7, 11) is 0. The summed E-state index contributed by atoms with van der Waals surface area (Å²) in [5.74, 6) is -1.85. The van der Waals surface area contributed by atoms with Crippen LogP contribution in [0.5, 0.6) is 0 Å². The van der Waals surface area contributed by atoms with Crippen LogP contribution < -0.4 is 11.1 Å². The first kappa shape index (κ1) is 21.1. The molecule has 0 radical (unpaired) electrons. The van der Waals surface area contributed by atoms with Crippen LogP contribution in [0.15, 0.2) is 28.8 Å². The van der Waals surface area contributed by atoms with Crippen molar-refractivity contribution in [3.8, 4) is 0 Å². The summed E-state index contributed by atoms with van der Waals surface area (Å²) in [6.45, 7) is 5.69. The Bertz CT molecular complexity index is 975. The first-order valence-electron chi connectivity index (χ1n) is 9.18.